The van der Waals surface area contributed by atoms with E-state index >= 15 is 0 Å². The zero-order valence-corrected chi connectivity index (χ0v) is 12.5. The summed E-state index contributed by atoms with van der Waals surface area (Å²) >= 11 is 1.33. The molecule has 0 aliphatic rings. The highest BCUT2D eigenvalue weighted by molar-refractivity contribution is 7.17. The van der Waals surface area contributed by atoms with Crippen LogP contribution in [-0.4, -0.2) is 24.6 Å². The van der Waals surface area contributed by atoms with Gasteiger partial charge in [-0.15, -0.1) is 11.3 Å². The minimum Gasteiger partial charge on any atom is -0.463 e. The third-order valence-electron chi connectivity index (χ3n) is 2.96. The Labute approximate surface area is 126 Å². The summed E-state index contributed by atoms with van der Waals surface area (Å²) in [7, 11) is 1.12. The van der Waals surface area contributed by atoms with Crippen LogP contribution in [0.4, 0.5) is 0 Å². The fourth-order valence-electron chi connectivity index (χ4n) is 1.92. The highest BCUT2D eigenvalue weighted by Crippen LogP contribution is 2.31. The van der Waals surface area contributed by atoms with E-state index in [1.54, 1.807) is 0 Å². The molecule has 0 saturated heterocycles. The van der Waals surface area contributed by atoms with Crippen molar-refractivity contribution in [1.82, 2.24) is 0 Å². The lowest BCUT2D eigenvalue weighted by atomic mass is 10.1. The molecule has 0 atom stereocenters. The quantitative estimate of drug-likeness (QED) is 0.369. The minimum atomic E-state index is -0.985. The fourth-order valence-corrected chi connectivity index (χ4v) is 3.03. The Bertz CT molecular complexity index is 686. The van der Waals surface area contributed by atoms with Gasteiger partial charge in [0.25, 0.3) is 0 Å². The first-order chi connectivity index (χ1) is 10.0. The second-order valence-electron chi connectivity index (χ2n) is 4.50. The van der Waals surface area contributed by atoms with Crippen LogP contribution < -0.4 is 0 Å². The number of benzene rings is 1. The molecule has 21 heavy (non-hydrogen) atoms. The van der Waals surface area contributed by atoms with Crippen LogP contribution in [0.1, 0.15) is 21.7 Å². The van der Waals surface area contributed by atoms with Crippen LogP contribution in [0.25, 0.3) is 10.4 Å². The number of hydrogen-bond acceptors (Lipinski definition) is 5. The summed E-state index contributed by atoms with van der Waals surface area (Å²) in [6.07, 6.45) is -0.456. The summed E-state index contributed by atoms with van der Waals surface area (Å²) in [5.41, 5.74) is 1.82. The van der Waals surface area contributed by atoms with E-state index in [0.717, 1.165) is 23.1 Å². The number of thiophene rings is 1. The number of ether oxygens (including phenoxy) is 1. The minimum absolute atomic E-state index is 0.352. The third-order valence-corrected chi connectivity index (χ3v) is 4.29. The molecule has 5 heteroatoms. The van der Waals surface area contributed by atoms with E-state index in [9.17, 15) is 14.4 Å². The zero-order valence-electron chi connectivity index (χ0n) is 11.7. The molecule has 0 aliphatic carbocycles. The topological polar surface area (TPSA) is 60.4 Å². The molecule has 1 aromatic heterocycles. The first-order valence-electron chi connectivity index (χ1n) is 6.33. The average Bonchev–Trinajstić information content (AvgIpc) is 2.89. The lowest BCUT2D eigenvalue weighted by Crippen LogP contribution is -2.19. The number of methoxy groups -OCH3 is 1. The van der Waals surface area contributed by atoms with E-state index in [2.05, 4.69) is 4.74 Å². The Balaban J connectivity index is 2.22. The predicted octanol–water partition coefficient (Wildman–Crippen LogP) is 3.04. The first-order valence-corrected chi connectivity index (χ1v) is 7.14. The molecule has 0 aliphatic heterocycles. The smallest absolute Gasteiger partial charge is 0.374 e. The van der Waals surface area contributed by atoms with Crippen molar-refractivity contribution in [2.24, 2.45) is 0 Å². The number of aryl methyl sites for hydroxylation is 1. The SMILES string of the molecule is COC(=O)C(=O)CC(=O)c1sc(-c2ccccc2)cc1C. The van der Waals surface area contributed by atoms with Crippen LogP contribution in [-0.2, 0) is 14.3 Å². The van der Waals surface area contributed by atoms with Crippen LogP contribution in [0, 0.1) is 6.92 Å². The Morgan fingerprint density at radius 2 is 1.81 bits per heavy atom. The van der Waals surface area contributed by atoms with Gasteiger partial charge in [0.15, 0.2) is 5.78 Å². The van der Waals surface area contributed by atoms with Crippen molar-refractivity contribution in [3.05, 3.63) is 46.8 Å². The second kappa shape index (κ2) is 6.45. The number of carbonyl (C=O) groups excluding carboxylic acids is 3. The van der Waals surface area contributed by atoms with Gasteiger partial charge in [-0.25, -0.2) is 4.79 Å². The van der Waals surface area contributed by atoms with Gasteiger partial charge in [-0.05, 0) is 24.1 Å². The summed E-state index contributed by atoms with van der Waals surface area (Å²) in [5.74, 6) is -2.16. The summed E-state index contributed by atoms with van der Waals surface area (Å²) in [6.45, 7) is 1.82. The van der Waals surface area contributed by atoms with Crippen molar-refractivity contribution >= 4 is 28.9 Å². The maximum atomic E-state index is 12.1. The van der Waals surface area contributed by atoms with Gasteiger partial charge < -0.3 is 4.74 Å². The van der Waals surface area contributed by atoms with Crippen LogP contribution in [0.2, 0.25) is 0 Å². The van der Waals surface area contributed by atoms with E-state index in [-0.39, 0.29) is 5.78 Å². The Hall–Kier alpha value is -2.27. The number of esters is 1. The number of carbonyl (C=O) groups is 3. The molecular weight excluding hydrogens is 288 g/mol. The molecule has 2 aromatic rings. The largest absolute Gasteiger partial charge is 0.463 e. The molecule has 4 nitrogen and oxygen atoms in total. The predicted molar refractivity (Wildman–Crippen MR) is 80.5 cm³/mol. The van der Waals surface area contributed by atoms with Gasteiger partial charge in [-0.1, -0.05) is 30.3 Å². The Kier molecular flexibility index (Phi) is 4.65. The van der Waals surface area contributed by atoms with Crippen molar-refractivity contribution < 1.29 is 19.1 Å². The number of rotatable bonds is 5. The number of ketones is 2. The van der Waals surface area contributed by atoms with Crippen molar-refractivity contribution in [2.45, 2.75) is 13.3 Å². The molecule has 0 radical (unpaired) electrons. The molecule has 0 fully saturated rings. The molecule has 1 aromatic carbocycles. The van der Waals surface area contributed by atoms with Gasteiger partial charge in [0.2, 0.25) is 5.78 Å². The van der Waals surface area contributed by atoms with Crippen LogP contribution in [0.15, 0.2) is 36.4 Å². The second-order valence-corrected chi connectivity index (χ2v) is 5.56. The summed E-state index contributed by atoms with van der Waals surface area (Å²) in [6, 6.07) is 11.6. The lowest BCUT2D eigenvalue weighted by molar-refractivity contribution is -0.151. The summed E-state index contributed by atoms with van der Waals surface area (Å²) in [4.78, 5) is 36.1. The van der Waals surface area contributed by atoms with Gasteiger partial charge in [-0.2, -0.15) is 0 Å². The van der Waals surface area contributed by atoms with E-state index in [4.69, 9.17) is 0 Å². The monoisotopic (exact) mass is 302 g/mol. The van der Waals surface area contributed by atoms with Crippen molar-refractivity contribution in [1.29, 1.82) is 0 Å². The first kappa shape index (κ1) is 15.1. The van der Waals surface area contributed by atoms with E-state index in [0.29, 0.717) is 4.88 Å². The Morgan fingerprint density at radius 1 is 1.14 bits per heavy atom. The molecule has 2 rings (SSSR count). The van der Waals surface area contributed by atoms with Gasteiger partial charge in [0.1, 0.15) is 0 Å². The maximum absolute atomic E-state index is 12.1. The van der Waals surface area contributed by atoms with E-state index in [1.165, 1.54) is 11.3 Å². The highest BCUT2D eigenvalue weighted by Gasteiger charge is 2.22. The molecule has 1 heterocycles. The van der Waals surface area contributed by atoms with Crippen LogP contribution in [0.5, 0.6) is 0 Å². The van der Waals surface area contributed by atoms with Crippen molar-refractivity contribution in [3.8, 4) is 10.4 Å². The molecule has 0 bridgehead atoms. The molecule has 0 amide bonds. The Morgan fingerprint density at radius 3 is 2.43 bits per heavy atom. The third kappa shape index (κ3) is 3.44. The molecule has 108 valence electrons. The van der Waals surface area contributed by atoms with Gasteiger partial charge in [0, 0.05) is 4.88 Å². The molecule has 0 unspecified atom stereocenters. The number of hydrogen-bond donors (Lipinski definition) is 0. The average molecular weight is 302 g/mol. The van der Waals surface area contributed by atoms with Gasteiger partial charge >= 0.3 is 5.97 Å². The molecular formula is C16H14O4S. The normalized spacial score (nSPS) is 10.2. The van der Waals surface area contributed by atoms with Gasteiger partial charge in [-0.3, -0.25) is 9.59 Å². The fraction of sp³-hybridized carbons (Fsp3) is 0.188. The summed E-state index contributed by atoms with van der Waals surface area (Å²) < 4.78 is 4.32. The molecule has 0 spiro atoms. The standard InChI is InChI=1S/C16H14O4S/c1-10-8-14(11-6-4-3-5-7-11)21-15(10)12(17)9-13(18)16(19)20-2/h3-8H,9H2,1-2H3. The van der Waals surface area contributed by atoms with Crippen molar-refractivity contribution in [3.63, 3.8) is 0 Å². The maximum Gasteiger partial charge on any atom is 0.374 e. The molecule has 0 N–H and O–H groups in total. The lowest BCUT2D eigenvalue weighted by Gasteiger charge is -1.98. The number of Topliss-reactive ketones (excluding diaryl/α,β-unsaturated/α-hetero) is 2. The molecule has 0 saturated carbocycles. The van der Waals surface area contributed by atoms with E-state index < -0.39 is 18.2 Å². The van der Waals surface area contributed by atoms with Crippen LogP contribution in [0.3, 0.4) is 0 Å². The van der Waals surface area contributed by atoms with Gasteiger partial charge in [0.05, 0.1) is 18.4 Å². The zero-order chi connectivity index (χ0) is 15.4. The van der Waals surface area contributed by atoms with Crippen molar-refractivity contribution in [2.75, 3.05) is 7.11 Å². The summed E-state index contributed by atoms with van der Waals surface area (Å²) in [5, 5.41) is 0. The van der Waals surface area contributed by atoms with Crippen LogP contribution >= 0.6 is 11.3 Å². The van der Waals surface area contributed by atoms with E-state index in [1.807, 2.05) is 43.3 Å². The highest BCUT2D eigenvalue weighted by atomic mass is 32.1.